The summed E-state index contributed by atoms with van der Waals surface area (Å²) in [5.41, 5.74) is 15.3. The molecule has 1 aliphatic heterocycles. The third kappa shape index (κ3) is 11.5. The molecule has 8 N–H and O–H groups in total. The minimum Gasteiger partial charge on any atom is -0.495 e. The molecule has 1 fully saturated rings. The Bertz CT molecular complexity index is 1280. The number of anilines is 3. The average molecular weight is 578 g/mol. The number of nitrogen functional groups attached to an aromatic ring is 2. The quantitative estimate of drug-likeness (QED) is 0.240. The Morgan fingerprint density at radius 2 is 1.57 bits per heavy atom. The Morgan fingerprint density at radius 1 is 1.02 bits per heavy atom. The van der Waals surface area contributed by atoms with Gasteiger partial charge in [0.25, 0.3) is 17.9 Å². The van der Waals surface area contributed by atoms with Crippen LogP contribution >= 0.6 is 11.3 Å². The van der Waals surface area contributed by atoms with Crippen LogP contribution in [0.25, 0.3) is 21.2 Å². The van der Waals surface area contributed by atoms with Crippen molar-refractivity contribution in [1.29, 1.82) is 0 Å². The third-order valence-electron chi connectivity index (χ3n) is 5.01. The molecule has 4 rings (SSSR count). The molecular formula is C26H35N5O8S. The van der Waals surface area contributed by atoms with Crippen molar-refractivity contribution in [2.24, 2.45) is 0 Å². The number of fused-ring (bicyclic) bond motifs is 1. The number of aromatic nitrogens is 1. The van der Waals surface area contributed by atoms with E-state index >= 15 is 0 Å². The topological polar surface area (TPSA) is 218 Å². The van der Waals surface area contributed by atoms with Crippen LogP contribution in [0.4, 0.5) is 17.2 Å². The van der Waals surface area contributed by atoms with Crippen LogP contribution in [0.3, 0.4) is 0 Å². The Hall–Kier alpha value is -4.43. The first-order chi connectivity index (χ1) is 18.8. The van der Waals surface area contributed by atoms with Gasteiger partial charge in [-0.1, -0.05) is 6.07 Å². The van der Waals surface area contributed by atoms with Crippen molar-refractivity contribution in [3.05, 3.63) is 29.8 Å². The van der Waals surface area contributed by atoms with Gasteiger partial charge in [0.1, 0.15) is 11.6 Å². The maximum Gasteiger partial charge on any atom is 0.300 e. The van der Waals surface area contributed by atoms with E-state index in [0.29, 0.717) is 29.5 Å². The number of nitrogens with two attached hydrogens (primary N) is 2. The van der Waals surface area contributed by atoms with Crippen LogP contribution in [0.1, 0.15) is 33.6 Å². The number of methoxy groups -OCH3 is 1. The molecule has 0 atom stereocenters. The Morgan fingerprint density at radius 3 is 2.10 bits per heavy atom. The molecule has 3 heterocycles. The number of aliphatic carboxylic acids is 3. The molecule has 1 aliphatic rings. The number of amides is 1. The summed E-state index contributed by atoms with van der Waals surface area (Å²) in [5, 5.41) is 28.1. The number of nitrogens with zero attached hydrogens (tertiary/aromatic N) is 2. The smallest absolute Gasteiger partial charge is 0.300 e. The van der Waals surface area contributed by atoms with Gasteiger partial charge >= 0.3 is 0 Å². The number of hydrogen-bond donors (Lipinski definition) is 6. The van der Waals surface area contributed by atoms with E-state index in [2.05, 4.69) is 15.2 Å². The van der Waals surface area contributed by atoms with Gasteiger partial charge in [0.15, 0.2) is 0 Å². The standard InChI is InChI=1S/C20H23N5O2S.3C2H4O2/c1-27-16-8-12(4-5-14(16)21)13-11-28-19-15(9-23-20(22)18(13)19)24-17(26)10-25-6-2-3-7-25;3*1-2(3)4/h4-5,8-9,11H,2-3,6-7,10,21H2,1H3,(H2,22,23)(H,24,26);3*1H3,(H,3,4). The minimum absolute atomic E-state index is 0.0288. The van der Waals surface area contributed by atoms with E-state index in [1.807, 2.05) is 23.6 Å². The minimum atomic E-state index is -0.833. The second-order valence-electron chi connectivity index (χ2n) is 8.46. The molecule has 1 amide bonds. The molecule has 0 bridgehead atoms. The highest BCUT2D eigenvalue weighted by Gasteiger charge is 2.19. The lowest BCUT2D eigenvalue weighted by molar-refractivity contribution is -0.135. The van der Waals surface area contributed by atoms with E-state index in [9.17, 15) is 4.79 Å². The number of carbonyl (C=O) groups is 4. The number of pyridine rings is 1. The zero-order valence-corrected chi connectivity index (χ0v) is 23.6. The summed E-state index contributed by atoms with van der Waals surface area (Å²) in [7, 11) is 1.59. The van der Waals surface area contributed by atoms with Crippen molar-refractivity contribution in [1.82, 2.24) is 9.88 Å². The summed E-state index contributed by atoms with van der Waals surface area (Å²) in [6, 6.07) is 5.62. The Labute approximate surface area is 235 Å². The molecule has 40 heavy (non-hydrogen) atoms. The Kier molecular flexibility index (Phi) is 13.9. The number of benzene rings is 1. The van der Waals surface area contributed by atoms with Gasteiger partial charge in [-0.15, -0.1) is 11.3 Å². The number of ether oxygens (including phenoxy) is 1. The van der Waals surface area contributed by atoms with Crippen LogP contribution in [0.2, 0.25) is 0 Å². The van der Waals surface area contributed by atoms with Crippen LogP contribution in [0, 0.1) is 0 Å². The van der Waals surface area contributed by atoms with Gasteiger partial charge in [-0.2, -0.15) is 0 Å². The van der Waals surface area contributed by atoms with Crippen LogP contribution in [-0.2, 0) is 19.2 Å². The second kappa shape index (κ2) is 16.5. The molecular weight excluding hydrogens is 542 g/mol. The fraction of sp³-hybridized carbons (Fsp3) is 0.346. The van der Waals surface area contributed by atoms with Crippen LogP contribution in [0.5, 0.6) is 5.75 Å². The Balaban J connectivity index is 0.000000567. The van der Waals surface area contributed by atoms with E-state index in [1.54, 1.807) is 13.3 Å². The first kappa shape index (κ1) is 33.6. The summed E-state index contributed by atoms with van der Waals surface area (Å²) < 4.78 is 6.25. The predicted octanol–water partition coefficient (Wildman–Crippen LogP) is 3.44. The molecule has 14 heteroatoms. The van der Waals surface area contributed by atoms with E-state index in [4.69, 9.17) is 45.9 Å². The number of carbonyl (C=O) groups excluding carboxylic acids is 1. The molecule has 0 aliphatic carbocycles. The van der Waals surface area contributed by atoms with Crippen molar-refractivity contribution in [3.8, 4) is 16.9 Å². The summed E-state index contributed by atoms with van der Waals surface area (Å²) in [6.07, 6.45) is 3.93. The van der Waals surface area contributed by atoms with Crippen LogP contribution in [-0.4, -0.2) is 75.8 Å². The molecule has 2 aromatic heterocycles. The first-order valence-corrected chi connectivity index (χ1v) is 12.8. The predicted molar refractivity (Wildman–Crippen MR) is 155 cm³/mol. The number of rotatable bonds is 5. The van der Waals surface area contributed by atoms with Gasteiger partial charge in [0, 0.05) is 37.1 Å². The van der Waals surface area contributed by atoms with E-state index < -0.39 is 17.9 Å². The first-order valence-electron chi connectivity index (χ1n) is 12.0. The molecule has 1 aromatic carbocycles. The van der Waals surface area contributed by atoms with Gasteiger partial charge in [-0.05, 0) is 43.6 Å². The van der Waals surface area contributed by atoms with E-state index in [-0.39, 0.29) is 5.91 Å². The third-order valence-corrected chi connectivity index (χ3v) is 6.02. The SMILES string of the molecule is CC(=O)O.CC(=O)O.CC(=O)O.COc1cc(-c2csc3c(NC(=O)CN4CCCC4)cnc(N)c23)ccc1N. The van der Waals surface area contributed by atoms with Gasteiger partial charge < -0.3 is 36.8 Å². The van der Waals surface area contributed by atoms with E-state index in [1.165, 1.54) is 11.3 Å². The summed E-state index contributed by atoms with van der Waals surface area (Å²) in [6.45, 7) is 5.61. The number of hydrogen-bond acceptors (Lipinski definition) is 10. The highest BCUT2D eigenvalue weighted by atomic mass is 32.1. The molecule has 0 radical (unpaired) electrons. The molecule has 3 aromatic rings. The number of thiophene rings is 1. The fourth-order valence-electron chi connectivity index (χ4n) is 3.58. The normalized spacial score (nSPS) is 12.0. The number of carboxylic acid groups (broad SMARTS) is 3. The van der Waals surface area contributed by atoms with Gasteiger partial charge in [0.2, 0.25) is 5.91 Å². The lowest BCUT2D eigenvalue weighted by atomic mass is 10.0. The summed E-state index contributed by atoms with van der Waals surface area (Å²) >= 11 is 1.53. The molecule has 1 saturated heterocycles. The zero-order valence-electron chi connectivity index (χ0n) is 22.8. The molecule has 0 unspecified atom stereocenters. The van der Waals surface area contributed by atoms with Crippen LogP contribution in [0.15, 0.2) is 29.8 Å². The van der Waals surface area contributed by atoms with Gasteiger partial charge in [-0.3, -0.25) is 24.1 Å². The van der Waals surface area contributed by atoms with Gasteiger partial charge in [0.05, 0.1) is 35.9 Å². The summed E-state index contributed by atoms with van der Waals surface area (Å²) in [5.74, 6) is -1.49. The number of nitrogens with one attached hydrogen (secondary N) is 1. The molecule has 0 saturated carbocycles. The lowest BCUT2D eigenvalue weighted by Gasteiger charge is -2.14. The van der Waals surface area contributed by atoms with E-state index in [0.717, 1.165) is 67.9 Å². The molecule has 0 spiro atoms. The monoisotopic (exact) mass is 577 g/mol. The highest BCUT2D eigenvalue weighted by molar-refractivity contribution is 7.18. The van der Waals surface area contributed by atoms with Crippen molar-refractivity contribution in [3.63, 3.8) is 0 Å². The number of likely N-dealkylation sites (tertiary alicyclic amines) is 1. The second-order valence-corrected chi connectivity index (χ2v) is 9.34. The van der Waals surface area contributed by atoms with Crippen LogP contribution < -0.4 is 21.5 Å². The van der Waals surface area contributed by atoms with Crippen molar-refractivity contribution in [2.45, 2.75) is 33.6 Å². The zero-order chi connectivity index (χ0) is 30.4. The fourth-order valence-corrected chi connectivity index (χ4v) is 4.63. The van der Waals surface area contributed by atoms with Crippen molar-refractivity contribution in [2.75, 3.05) is 43.5 Å². The molecule has 13 nitrogen and oxygen atoms in total. The average Bonchev–Trinajstić information content (AvgIpc) is 3.51. The van der Waals surface area contributed by atoms with Crippen molar-refractivity contribution >= 4 is 62.4 Å². The number of carboxylic acids is 3. The maximum absolute atomic E-state index is 12.5. The largest absolute Gasteiger partial charge is 0.495 e. The summed E-state index contributed by atoms with van der Waals surface area (Å²) in [4.78, 5) is 45.9. The van der Waals surface area contributed by atoms with Crippen molar-refractivity contribution < 1.29 is 39.2 Å². The lowest BCUT2D eigenvalue weighted by Crippen LogP contribution is -2.30. The van der Waals surface area contributed by atoms with Gasteiger partial charge in [-0.25, -0.2) is 4.98 Å². The maximum atomic E-state index is 12.5. The highest BCUT2D eigenvalue weighted by Crippen LogP contribution is 2.41. The molecule has 218 valence electrons.